The molecule has 0 N–H and O–H groups in total. The van der Waals surface area contributed by atoms with E-state index in [0.29, 0.717) is 12.2 Å². The first-order chi connectivity index (χ1) is 4.34. The van der Waals surface area contributed by atoms with Crippen LogP contribution in [0.15, 0.2) is 16.8 Å². The average molecular weight is 125 g/mol. The van der Waals surface area contributed by atoms with Crippen LogP contribution in [0.4, 0.5) is 0 Å². The van der Waals surface area contributed by atoms with Crippen molar-refractivity contribution >= 4 is 5.78 Å². The molecule has 0 saturated heterocycles. The van der Waals surface area contributed by atoms with Crippen molar-refractivity contribution in [1.29, 1.82) is 0 Å². The van der Waals surface area contributed by atoms with Crippen LogP contribution < -0.4 is 0 Å². The number of hydrogen-bond donors (Lipinski definition) is 0. The van der Waals surface area contributed by atoms with Crippen molar-refractivity contribution in [1.82, 2.24) is 5.16 Å². The van der Waals surface area contributed by atoms with Gasteiger partial charge in [0, 0.05) is 12.5 Å². The lowest BCUT2D eigenvalue weighted by Crippen LogP contribution is -1.92. The Morgan fingerprint density at radius 1 is 1.89 bits per heavy atom. The fourth-order valence-electron chi connectivity index (χ4n) is 0.534. The minimum absolute atomic E-state index is 0.00694. The largest absolute Gasteiger partial charge is 0.353 e. The molecule has 1 aromatic heterocycles. The Kier molecular flexibility index (Phi) is 1.63. The second kappa shape index (κ2) is 2.44. The van der Waals surface area contributed by atoms with E-state index >= 15 is 0 Å². The maximum absolute atomic E-state index is 10.7. The van der Waals surface area contributed by atoms with Crippen molar-refractivity contribution in [2.75, 3.05) is 0 Å². The Hall–Kier alpha value is -1.12. The average Bonchev–Trinajstić information content (AvgIpc) is 2.37. The van der Waals surface area contributed by atoms with Gasteiger partial charge in [-0.15, -0.1) is 0 Å². The van der Waals surface area contributed by atoms with Gasteiger partial charge in [-0.3, -0.25) is 4.79 Å². The number of aromatic nitrogens is 1. The summed E-state index contributed by atoms with van der Waals surface area (Å²) in [6, 6.07) is 1.56. The molecule has 0 atom stereocenters. The molecule has 0 unspecified atom stereocenters. The molecule has 0 bridgehead atoms. The zero-order chi connectivity index (χ0) is 6.69. The topological polar surface area (TPSA) is 43.1 Å². The van der Waals surface area contributed by atoms with Crippen molar-refractivity contribution < 1.29 is 9.32 Å². The van der Waals surface area contributed by atoms with E-state index in [0.717, 1.165) is 0 Å². The van der Waals surface area contributed by atoms with Gasteiger partial charge in [-0.05, 0) is 0 Å². The van der Waals surface area contributed by atoms with Crippen LogP contribution in [0.3, 0.4) is 0 Å². The molecule has 3 heteroatoms. The normalized spacial score (nSPS) is 9.44. The van der Waals surface area contributed by atoms with Gasteiger partial charge in [-0.1, -0.05) is 12.1 Å². The van der Waals surface area contributed by atoms with Gasteiger partial charge in [0.1, 0.15) is 0 Å². The fourth-order valence-corrected chi connectivity index (χ4v) is 0.534. The van der Waals surface area contributed by atoms with E-state index in [1.807, 2.05) is 0 Å². The highest BCUT2D eigenvalue weighted by molar-refractivity contribution is 5.92. The van der Waals surface area contributed by atoms with E-state index in [2.05, 4.69) is 9.68 Å². The number of carbonyl (C=O) groups excluding carboxylic acids is 1. The lowest BCUT2D eigenvalue weighted by atomic mass is 10.2. The third kappa shape index (κ3) is 1.16. The van der Waals surface area contributed by atoms with E-state index < -0.39 is 0 Å². The van der Waals surface area contributed by atoms with Gasteiger partial charge in [0.05, 0.1) is 6.20 Å². The lowest BCUT2D eigenvalue weighted by Gasteiger charge is -1.84. The fraction of sp³-hybridized carbons (Fsp3) is 0.333. The van der Waals surface area contributed by atoms with Crippen LogP contribution in [0.5, 0.6) is 0 Å². The maximum Gasteiger partial charge on any atom is 0.202 e. The third-order valence-corrected chi connectivity index (χ3v) is 1.03. The molecule has 0 aliphatic heterocycles. The number of ketones is 1. The third-order valence-electron chi connectivity index (χ3n) is 1.03. The van der Waals surface area contributed by atoms with Gasteiger partial charge in [-0.2, -0.15) is 0 Å². The summed E-state index contributed by atoms with van der Waals surface area (Å²) in [6.45, 7) is 1.78. The molecule has 3 nitrogen and oxygen atoms in total. The van der Waals surface area contributed by atoms with Crippen molar-refractivity contribution in [3.05, 3.63) is 18.0 Å². The Balaban J connectivity index is 2.77. The van der Waals surface area contributed by atoms with Crippen LogP contribution in [-0.4, -0.2) is 10.9 Å². The number of nitrogens with zero attached hydrogens (tertiary/aromatic N) is 1. The molecule has 0 aliphatic carbocycles. The van der Waals surface area contributed by atoms with Crippen LogP contribution in [0, 0.1) is 0 Å². The molecule has 0 radical (unpaired) electrons. The van der Waals surface area contributed by atoms with E-state index in [9.17, 15) is 4.79 Å². The summed E-state index contributed by atoms with van der Waals surface area (Å²) in [5.74, 6) is 0.338. The van der Waals surface area contributed by atoms with Gasteiger partial charge < -0.3 is 4.52 Å². The summed E-state index contributed by atoms with van der Waals surface area (Å²) < 4.78 is 4.59. The standard InChI is InChI=1S/C6H7NO2/c1-2-5(8)6-3-4-7-9-6/h3-4H,2H2,1H3. The Morgan fingerprint density at radius 3 is 3.11 bits per heavy atom. The molecule has 0 saturated carbocycles. The summed E-state index contributed by atoms with van der Waals surface area (Å²) in [5, 5.41) is 3.40. The minimum atomic E-state index is -0.00694. The number of hydrogen-bond acceptors (Lipinski definition) is 3. The summed E-state index contributed by atoms with van der Waals surface area (Å²) >= 11 is 0. The first kappa shape index (κ1) is 6.01. The molecule has 0 fully saturated rings. The SMILES string of the molecule is CCC(=O)c1ccno1. The van der Waals surface area contributed by atoms with E-state index in [4.69, 9.17) is 0 Å². The molecule has 1 heterocycles. The Labute approximate surface area is 52.7 Å². The Bertz CT molecular complexity index is 191. The Morgan fingerprint density at radius 2 is 2.67 bits per heavy atom. The van der Waals surface area contributed by atoms with Crippen molar-refractivity contribution in [2.24, 2.45) is 0 Å². The minimum Gasteiger partial charge on any atom is -0.353 e. The van der Waals surface area contributed by atoms with Gasteiger partial charge in [0.25, 0.3) is 0 Å². The van der Waals surface area contributed by atoms with Crippen LogP contribution in [0.1, 0.15) is 23.9 Å². The summed E-state index contributed by atoms with van der Waals surface area (Å²) in [5.41, 5.74) is 0. The molecule has 1 aromatic rings. The van der Waals surface area contributed by atoms with Gasteiger partial charge in [0.15, 0.2) is 0 Å². The van der Waals surface area contributed by atoms with Gasteiger partial charge in [0.2, 0.25) is 11.5 Å². The highest BCUT2D eigenvalue weighted by Gasteiger charge is 2.04. The van der Waals surface area contributed by atoms with Gasteiger partial charge in [-0.25, -0.2) is 0 Å². The number of rotatable bonds is 2. The lowest BCUT2D eigenvalue weighted by molar-refractivity contribution is 0.0952. The second-order valence-corrected chi connectivity index (χ2v) is 1.65. The van der Waals surface area contributed by atoms with Crippen LogP contribution in [0.2, 0.25) is 0 Å². The second-order valence-electron chi connectivity index (χ2n) is 1.65. The van der Waals surface area contributed by atoms with E-state index in [-0.39, 0.29) is 5.78 Å². The highest BCUT2D eigenvalue weighted by Crippen LogP contribution is 1.99. The van der Waals surface area contributed by atoms with Crippen molar-refractivity contribution in [3.63, 3.8) is 0 Å². The monoisotopic (exact) mass is 125 g/mol. The number of Topliss-reactive ketones (excluding diaryl/α,β-unsaturated/α-hetero) is 1. The molecular weight excluding hydrogens is 118 g/mol. The van der Waals surface area contributed by atoms with Crippen LogP contribution >= 0.6 is 0 Å². The predicted octanol–water partition coefficient (Wildman–Crippen LogP) is 1.27. The highest BCUT2D eigenvalue weighted by atomic mass is 16.5. The smallest absolute Gasteiger partial charge is 0.202 e. The molecule has 0 aromatic carbocycles. The predicted molar refractivity (Wildman–Crippen MR) is 31.1 cm³/mol. The molecule has 0 spiro atoms. The first-order valence-electron chi connectivity index (χ1n) is 2.78. The maximum atomic E-state index is 10.7. The first-order valence-corrected chi connectivity index (χ1v) is 2.78. The van der Waals surface area contributed by atoms with E-state index in [1.165, 1.54) is 6.20 Å². The molecular formula is C6H7NO2. The number of carbonyl (C=O) groups is 1. The van der Waals surface area contributed by atoms with E-state index in [1.54, 1.807) is 13.0 Å². The quantitative estimate of drug-likeness (QED) is 0.559. The van der Waals surface area contributed by atoms with Crippen molar-refractivity contribution in [3.8, 4) is 0 Å². The molecule has 48 valence electrons. The van der Waals surface area contributed by atoms with Gasteiger partial charge >= 0.3 is 0 Å². The molecule has 1 rings (SSSR count). The zero-order valence-corrected chi connectivity index (χ0v) is 5.13. The van der Waals surface area contributed by atoms with Crippen LogP contribution in [-0.2, 0) is 0 Å². The summed E-state index contributed by atoms with van der Waals surface area (Å²) in [4.78, 5) is 10.7. The van der Waals surface area contributed by atoms with Crippen molar-refractivity contribution in [2.45, 2.75) is 13.3 Å². The summed E-state index contributed by atoms with van der Waals surface area (Å²) in [6.07, 6.45) is 1.93. The molecule has 0 aliphatic rings. The van der Waals surface area contributed by atoms with Crippen LogP contribution in [0.25, 0.3) is 0 Å². The molecule has 9 heavy (non-hydrogen) atoms. The molecule has 0 amide bonds. The summed E-state index contributed by atoms with van der Waals surface area (Å²) in [7, 11) is 0. The zero-order valence-electron chi connectivity index (χ0n) is 5.13.